The third kappa shape index (κ3) is 6.24. The smallest absolute Gasteiger partial charge is 0.344 e. The van der Waals surface area contributed by atoms with Gasteiger partial charge in [-0.25, -0.2) is 9.18 Å². The van der Waals surface area contributed by atoms with Crippen LogP contribution in [0.2, 0.25) is 0 Å². The molecule has 0 aliphatic rings. The van der Waals surface area contributed by atoms with E-state index >= 15 is 0 Å². The van der Waals surface area contributed by atoms with Gasteiger partial charge in [0, 0.05) is 12.1 Å². The standard InChI is InChI=1S/C18H17FN2O7/c1-2-26-13-4-6-14(7-5-13)27-11-18(23)28-10-17(22)20-16-9-12(21(24)25)3-8-15(16)19/h3-9H,2,10-11H2,1H3,(H,20,22). The number of carbonyl (C=O) groups excluding carboxylic acids is 2. The van der Waals surface area contributed by atoms with Crippen LogP contribution in [0.5, 0.6) is 11.5 Å². The van der Waals surface area contributed by atoms with Crippen LogP contribution in [-0.4, -0.2) is 36.6 Å². The highest BCUT2D eigenvalue weighted by Crippen LogP contribution is 2.21. The molecule has 0 heterocycles. The number of non-ortho nitro benzene ring substituents is 1. The maximum Gasteiger partial charge on any atom is 0.344 e. The van der Waals surface area contributed by atoms with Gasteiger partial charge in [0.25, 0.3) is 11.6 Å². The third-order valence-electron chi connectivity index (χ3n) is 3.29. The summed E-state index contributed by atoms with van der Waals surface area (Å²) < 4.78 is 28.8. The van der Waals surface area contributed by atoms with Gasteiger partial charge in [-0.3, -0.25) is 14.9 Å². The van der Waals surface area contributed by atoms with E-state index in [1.807, 2.05) is 6.92 Å². The minimum atomic E-state index is -0.857. The number of rotatable bonds is 9. The van der Waals surface area contributed by atoms with Crippen molar-refractivity contribution in [3.63, 3.8) is 0 Å². The van der Waals surface area contributed by atoms with E-state index in [1.165, 1.54) is 0 Å². The molecule has 9 nitrogen and oxygen atoms in total. The first-order valence-electron chi connectivity index (χ1n) is 8.14. The predicted molar refractivity (Wildman–Crippen MR) is 95.7 cm³/mol. The van der Waals surface area contributed by atoms with E-state index in [-0.39, 0.29) is 5.69 Å². The number of nitro benzene ring substituents is 1. The number of nitro groups is 1. The van der Waals surface area contributed by atoms with Crippen LogP contribution in [0.4, 0.5) is 15.8 Å². The van der Waals surface area contributed by atoms with E-state index in [1.54, 1.807) is 24.3 Å². The Morgan fingerprint density at radius 3 is 2.32 bits per heavy atom. The summed E-state index contributed by atoms with van der Waals surface area (Å²) in [5.41, 5.74) is -0.779. The Labute approximate surface area is 159 Å². The second-order valence-electron chi connectivity index (χ2n) is 5.32. The third-order valence-corrected chi connectivity index (χ3v) is 3.29. The van der Waals surface area contributed by atoms with E-state index in [0.29, 0.717) is 18.1 Å². The highest BCUT2D eigenvalue weighted by molar-refractivity contribution is 5.93. The molecule has 0 saturated heterocycles. The van der Waals surface area contributed by atoms with Crippen LogP contribution in [0.3, 0.4) is 0 Å². The van der Waals surface area contributed by atoms with Gasteiger partial charge in [0.2, 0.25) is 0 Å². The lowest BCUT2D eigenvalue weighted by Crippen LogP contribution is -2.24. The summed E-state index contributed by atoms with van der Waals surface area (Å²) in [5, 5.41) is 12.8. The fourth-order valence-electron chi connectivity index (χ4n) is 2.04. The number of anilines is 1. The second kappa shape index (κ2) is 9.86. The highest BCUT2D eigenvalue weighted by Gasteiger charge is 2.14. The molecule has 0 aliphatic carbocycles. The number of nitrogens with zero attached hydrogens (tertiary/aromatic N) is 1. The molecule has 0 aromatic heterocycles. The molecule has 0 spiro atoms. The van der Waals surface area contributed by atoms with Gasteiger partial charge in [-0.15, -0.1) is 0 Å². The quantitative estimate of drug-likeness (QED) is 0.396. The summed E-state index contributed by atoms with van der Waals surface area (Å²) in [6.07, 6.45) is 0. The monoisotopic (exact) mass is 392 g/mol. The first-order valence-corrected chi connectivity index (χ1v) is 8.14. The largest absolute Gasteiger partial charge is 0.494 e. The summed E-state index contributed by atoms with van der Waals surface area (Å²) in [4.78, 5) is 33.3. The lowest BCUT2D eigenvalue weighted by molar-refractivity contribution is -0.384. The fraction of sp³-hybridized carbons (Fsp3) is 0.222. The molecule has 0 fully saturated rings. The van der Waals surface area contributed by atoms with E-state index < -0.39 is 41.5 Å². The van der Waals surface area contributed by atoms with Gasteiger partial charge >= 0.3 is 5.97 Å². The molecule has 0 aliphatic heterocycles. The van der Waals surface area contributed by atoms with Crippen molar-refractivity contribution in [3.05, 3.63) is 58.4 Å². The van der Waals surface area contributed by atoms with Gasteiger partial charge < -0.3 is 19.5 Å². The first-order chi connectivity index (χ1) is 13.4. The van der Waals surface area contributed by atoms with Crippen LogP contribution in [0.1, 0.15) is 6.92 Å². The predicted octanol–water partition coefficient (Wildman–Crippen LogP) is 2.69. The van der Waals surface area contributed by atoms with Crippen molar-refractivity contribution in [2.75, 3.05) is 25.1 Å². The number of ether oxygens (including phenoxy) is 3. The molecule has 148 valence electrons. The lowest BCUT2D eigenvalue weighted by Gasteiger charge is -2.09. The zero-order valence-electron chi connectivity index (χ0n) is 14.8. The molecule has 2 aromatic carbocycles. The van der Waals surface area contributed by atoms with Crippen molar-refractivity contribution in [3.8, 4) is 11.5 Å². The van der Waals surface area contributed by atoms with Crippen molar-refractivity contribution >= 4 is 23.3 Å². The number of amides is 1. The van der Waals surface area contributed by atoms with Gasteiger partial charge in [-0.05, 0) is 37.3 Å². The number of hydrogen-bond donors (Lipinski definition) is 1. The normalized spacial score (nSPS) is 10.1. The van der Waals surface area contributed by atoms with E-state index in [4.69, 9.17) is 14.2 Å². The Morgan fingerprint density at radius 2 is 1.71 bits per heavy atom. The summed E-state index contributed by atoms with van der Waals surface area (Å²) >= 11 is 0. The number of esters is 1. The molecule has 28 heavy (non-hydrogen) atoms. The van der Waals surface area contributed by atoms with E-state index in [9.17, 15) is 24.1 Å². The van der Waals surface area contributed by atoms with Gasteiger partial charge in [-0.1, -0.05) is 0 Å². The summed E-state index contributed by atoms with van der Waals surface area (Å²) in [7, 11) is 0. The Bertz CT molecular complexity index is 856. The van der Waals surface area contributed by atoms with Gasteiger partial charge in [0.1, 0.15) is 17.3 Å². The molecular weight excluding hydrogens is 375 g/mol. The molecule has 10 heteroatoms. The number of halogens is 1. The topological polar surface area (TPSA) is 117 Å². The van der Waals surface area contributed by atoms with E-state index in [2.05, 4.69) is 5.32 Å². The van der Waals surface area contributed by atoms with Gasteiger partial charge in [-0.2, -0.15) is 0 Å². The Hall–Kier alpha value is -3.69. The number of hydrogen-bond acceptors (Lipinski definition) is 7. The van der Waals surface area contributed by atoms with Crippen molar-refractivity contribution in [1.82, 2.24) is 0 Å². The van der Waals surface area contributed by atoms with Crippen molar-refractivity contribution in [1.29, 1.82) is 0 Å². The summed E-state index contributed by atoms with van der Waals surface area (Å²) in [5.74, 6) is -1.47. The Kier molecular flexibility index (Phi) is 7.26. The van der Waals surface area contributed by atoms with Crippen molar-refractivity contribution in [2.45, 2.75) is 6.92 Å². The molecular formula is C18H17FN2O7. The van der Waals surface area contributed by atoms with Crippen LogP contribution in [0.15, 0.2) is 42.5 Å². The van der Waals surface area contributed by atoms with Crippen LogP contribution in [0, 0.1) is 15.9 Å². The lowest BCUT2D eigenvalue weighted by atomic mass is 10.2. The first kappa shape index (κ1) is 20.6. The average molecular weight is 392 g/mol. The number of carbonyl (C=O) groups is 2. The molecule has 1 amide bonds. The van der Waals surface area contributed by atoms with Crippen LogP contribution >= 0.6 is 0 Å². The highest BCUT2D eigenvalue weighted by atomic mass is 19.1. The maximum absolute atomic E-state index is 13.6. The van der Waals surface area contributed by atoms with Crippen molar-refractivity contribution in [2.24, 2.45) is 0 Å². The minimum absolute atomic E-state index is 0.388. The molecule has 0 saturated carbocycles. The minimum Gasteiger partial charge on any atom is -0.494 e. The molecule has 2 rings (SSSR count). The van der Waals surface area contributed by atoms with Crippen LogP contribution < -0.4 is 14.8 Å². The van der Waals surface area contributed by atoms with Gasteiger partial charge in [0.05, 0.1) is 17.2 Å². The Balaban J connectivity index is 1.78. The second-order valence-corrected chi connectivity index (χ2v) is 5.32. The fourth-order valence-corrected chi connectivity index (χ4v) is 2.04. The zero-order valence-corrected chi connectivity index (χ0v) is 14.8. The summed E-state index contributed by atoms with van der Waals surface area (Å²) in [6.45, 7) is 1.23. The molecule has 2 aromatic rings. The molecule has 0 unspecified atom stereocenters. The van der Waals surface area contributed by atoms with Crippen molar-refractivity contribution < 1.29 is 33.1 Å². The summed E-state index contributed by atoms with van der Waals surface area (Å²) in [6, 6.07) is 9.24. The maximum atomic E-state index is 13.6. The number of nitrogens with one attached hydrogen (secondary N) is 1. The molecule has 1 N–H and O–H groups in total. The van der Waals surface area contributed by atoms with Crippen LogP contribution in [0.25, 0.3) is 0 Å². The van der Waals surface area contributed by atoms with E-state index in [0.717, 1.165) is 18.2 Å². The molecule has 0 atom stereocenters. The van der Waals surface area contributed by atoms with Crippen LogP contribution in [-0.2, 0) is 14.3 Å². The zero-order chi connectivity index (χ0) is 20.5. The van der Waals surface area contributed by atoms with Gasteiger partial charge in [0.15, 0.2) is 13.2 Å². The molecule has 0 bridgehead atoms. The Morgan fingerprint density at radius 1 is 1.07 bits per heavy atom. The molecule has 0 radical (unpaired) electrons. The average Bonchev–Trinajstić information content (AvgIpc) is 2.67. The SMILES string of the molecule is CCOc1ccc(OCC(=O)OCC(=O)Nc2cc([N+](=O)[O-])ccc2F)cc1. The number of benzene rings is 2.